The van der Waals surface area contributed by atoms with Gasteiger partial charge in [0.25, 0.3) is 0 Å². The fourth-order valence-electron chi connectivity index (χ4n) is 5.53. The molecule has 2 aromatic rings. The Morgan fingerprint density at radius 2 is 1.24 bits per heavy atom. The average molecular weight is 486 g/mol. The molecule has 3 fully saturated rings. The van der Waals surface area contributed by atoms with Gasteiger partial charge in [-0.15, -0.1) is 0 Å². The van der Waals surface area contributed by atoms with Crippen LogP contribution in [0.1, 0.15) is 29.4 Å². The van der Waals surface area contributed by atoms with Gasteiger partial charge in [0.05, 0.1) is 11.7 Å². The summed E-state index contributed by atoms with van der Waals surface area (Å²) in [7, 11) is 0. The molecule has 0 aromatic heterocycles. The maximum absolute atomic E-state index is 13.8. The number of hydrogen-bond donors (Lipinski definition) is 2. The van der Waals surface area contributed by atoms with Crippen LogP contribution in [0, 0.1) is 80.8 Å². The molecule has 10 radical (unpaired) electrons. The van der Waals surface area contributed by atoms with Gasteiger partial charge >= 0.3 is 17.1 Å². The first kappa shape index (κ1) is 24.9. The van der Waals surface area contributed by atoms with Gasteiger partial charge in [-0.25, -0.2) is 8.78 Å². The van der Waals surface area contributed by atoms with E-state index in [0.29, 0.717) is 6.42 Å². The molecular formula is C28H24F2FeO2+2. The average Bonchev–Trinajstić information content (AvgIpc) is 3.55. The minimum atomic E-state index is -1.32. The third-order valence-corrected chi connectivity index (χ3v) is 6.99. The zero-order valence-corrected chi connectivity index (χ0v) is 18.9. The minimum Gasteiger partial charge on any atom is -0.392 e. The largest absolute Gasteiger partial charge is 2.00 e. The molecule has 0 saturated heterocycles. The van der Waals surface area contributed by atoms with Gasteiger partial charge in [-0.05, 0) is 105 Å². The summed E-state index contributed by atoms with van der Waals surface area (Å²) in [6.07, 6.45) is 14.3. The maximum Gasteiger partial charge on any atom is 2.00 e. The van der Waals surface area contributed by atoms with Crippen LogP contribution in [0.4, 0.5) is 8.78 Å². The summed E-state index contributed by atoms with van der Waals surface area (Å²) in [5.41, 5.74) is 0.389. The van der Waals surface area contributed by atoms with Crippen LogP contribution in [0.5, 0.6) is 0 Å². The van der Waals surface area contributed by atoms with Gasteiger partial charge in [-0.3, -0.25) is 0 Å². The number of halogens is 2. The summed E-state index contributed by atoms with van der Waals surface area (Å²) >= 11 is 0. The summed E-state index contributed by atoms with van der Waals surface area (Å²) < 4.78 is 27.4. The molecule has 0 heterocycles. The van der Waals surface area contributed by atoms with E-state index in [0.717, 1.165) is 23.0 Å². The molecule has 5 rings (SSSR count). The Labute approximate surface area is 206 Å². The molecule has 5 heteroatoms. The Kier molecular flexibility index (Phi) is 7.65. The van der Waals surface area contributed by atoms with Crippen molar-refractivity contribution in [3.05, 3.63) is 134 Å². The molecule has 0 bridgehead atoms. The summed E-state index contributed by atoms with van der Waals surface area (Å²) in [5, 5.41) is 23.7. The van der Waals surface area contributed by atoms with E-state index in [-0.39, 0.29) is 40.5 Å². The van der Waals surface area contributed by atoms with Crippen molar-refractivity contribution >= 4 is 0 Å². The van der Waals surface area contributed by atoms with Crippen LogP contribution in [0.2, 0.25) is 0 Å². The Balaban J connectivity index is 0.00000259. The van der Waals surface area contributed by atoms with Crippen molar-refractivity contribution in [1.82, 2.24) is 0 Å². The zero-order chi connectivity index (χ0) is 22.3. The summed E-state index contributed by atoms with van der Waals surface area (Å²) in [4.78, 5) is 0. The molecule has 5 atom stereocenters. The van der Waals surface area contributed by atoms with E-state index in [1.807, 2.05) is 51.4 Å². The van der Waals surface area contributed by atoms with Crippen molar-refractivity contribution in [1.29, 1.82) is 0 Å². The van der Waals surface area contributed by atoms with Crippen molar-refractivity contribution in [2.45, 2.75) is 30.0 Å². The van der Waals surface area contributed by atoms with Crippen molar-refractivity contribution in [2.24, 2.45) is 5.92 Å². The molecule has 168 valence electrons. The normalized spacial score (nSPS) is 31.6. The third-order valence-electron chi connectivity index (χ3n) is 6.99. The van der Waals surface area contributed by atoms with Gasteiger partial charge in [0.1, 0.15) is 11.6 Å². The molecule has 2 N–H and O–H groups in total. The van der Waals surface area contributed by atoms with Crippen molar-refractivity contribution < 1.29 is 36.1 Å². The monoisotopic (exact) mass is 486 g/mol. The van der Waals surface area contributed by atoms with Gasteiger partial charge in [0.2, 0.25) is 0 Å². The molecule has 2 nitrogen and oxygen atoms in total. The Morgan fingerprint density at radius 3 is 1.79 bits per heavy atom. The number of hydrogen-bond acceptors (Lipinski definition) is 2. The van der Waals surface area contributed by atoms with Crippen LogP contribution < -0.4 is 0 Å². The predicted octanol–water partition coefficient (Wildman–Crippen LogP) is 4.75. The first-order valence-corrected chi connectivity index (χ1v) is 10.8. The van der Waals surface area contributed by atoms with Crippen LogP contribution in [0.3, 0.4) is 0 Å². The van der Waals surface area contributed by atoms with Gasteiger partial charge in [-0.2, -0.15) is 0 Å². The van der Waals surface area contributed by atoms with E-state index >= 15 is 0 Å². The van der Waals surface area contributed by atoms with Crippen molar-refractivity contribution in [3.8, 4) is 0 Å². The van der Waals surface area contributed by atoms with Crippen LogP contribution in [-0.2, 0) is 17.1 Å². The van der Waals surface area contributed by atoms with Gasteiger partial charge in [-0.1, -0.05) is 24.3 Å². The van der Waals surface area contributed by atoms with Crippen LogP contribution in [-0.4, -0.2) is 21.9 Å². The number of rotatable bonds is 5. The molecule has 3 aliphatic rings. The van der Waals surface area contributed by atoms with Crippen LogP contribution in [0.15, 0.2) is 48.5 Å². The molecule has 0 aliphatic heterocycles. The second kappa shape index (κ2) is 10.2. The molecule has 33 heavy (non-hydrogen) atoms. The van der Waals surface area contributed by atoms with E-state index in [9.17, 15) is 19.0 Å². The van der Waals surface area contributed by atoms with Gasteiger partial charge in [0.15, 0.2) is 0 Å². The minimum absolute atomic E-state index is 0. The zero-order valence-electron chi connectivity index (χ0n) is 17.8. The van der Waals surface area contributed by atoms with E-state index in [1.54, 1.807) is 24.3 Å². The van der Waals surface area contributed by atoms with Crippen LogP contribution >= 0.6 is 0 Å². The third kappa shape index (κ3) is 4.67. The van der Waals surface area contributed by atoms with Gasteiger partial charge in [0, 0.05) is 17.8 Å². The topological polar surface area (TPSA) is 40.5 Å². The Hall–Kier alpha value is -1.26. The predicted molar refractivity (Wildman–Crippen MR) is 118 cm³/mol. The SMILES string of the molecule is O[C@@H]([C]1[CH][CH][CH][CH]1)[C@@H]1[C@@H](c2ccc(F)cc2)[C@@H](c2ccc(F)cc2)C[C@@]1(O)[C]1[CH][CH][CH][CH]1.[Fe+2]. The second-order valence-electron chi connectivity index (χ2n) is 8.73. The first-order chi connectivity index (χ1) is 15.5. The number of benzene rings is 2. The van der Waals surface area contributed by atoms with Gasteiger partial charge < -0.3 is 10.2 Å². The van der Waals surface area contributed by atoms with Crippen molar-refractivity contribution in [3.63, 3.8) is 0 Å². The summed E-state index contributed by atoms with van der Waals surface area (Å²) in [5.74, 6) is -0.305. The van der Waals surface area contributed by atoms with E-state index in [1.165, 1.54) is 24.3 Å². The molecule has 0 spiro atoms. The standard InChI is InChI=1S/C28H24F2O2.Fe/c29-22-13-9-18(10-14-22)24-17-28(32,21-7-3-4-8-21)26(27(31)20-5-1-2-6-20)25(24)19-11-15-23(30)16-12-19;/h1-16,24-27,31-32H,17H2;/q;+2/t24-,25+,26+,27+,28-;/m1./s1. The molecule has 0 unspecified atom stereocenters. The second-order valence-corrected chi connectivity index (χ2v) is 8.73. The fourth-order valence-corrected chi connectivity index (χ4v) is 5.53. The molecule has 3 saturated carbocycles. The number of aliphatic hydroxyl groups excluding tert-OH is 1. The molecule has 2 aromatic carbocycles. The number of aliphatic hydroxyl groups is 2. The summed E-state index contributed by atoms with van der Waals surface area (Å²) in [6.45, 7) is 0. The van der Waals surface area contributed by atoms with E-state index in [2.05, 4.69) is 0 Å². The Morgan fingerprint density at radius 1 is 0.758 bits per heavy atom. The van der Waals surface area contributed by atoms with E-state index in [4.69, 9.17) is 0 Å². The van der Waals surface area contributed by atoms with Crippen molar-refractivity contribution in [2.75, 3.05) is 0 Å². The van der Waals surface area contributed by atoms with E-state index < -0.39 is 17.6 Å². The fraction of sp³-hybridized carbons (Fsp3) is 0.214. The maximum atomic E-state index is 13.8. The molecular weight excluding hydrogens is 462 g/mol. The Bertz CT molecular complexity index is 906. The molecule has 3 aliphatic carbocycles. The smallest absolute Gasteiger partial charge is 0.392 e. The molecule has 0 amide bonds. The summed E-state index contributed by atoms with van der Waals surface area (Å²) in [6, 6.07) is 12.6. The van der Waals surface area contributed by atoms with Crippen LogP contribution in [0.25, 0.3) is 0 Å². The first-order valence-electron chi connectivity index (χ1n) is 10.8. The quantitative estimate of drug-likeness (QED) is 0.599.